The van der Waals surface area contributed by atoms with Crippen LogP contribution in [0.1, 0.15) is 31.1 Å². The lowest BCUT2D eigenvalue weighted by Gasteiger charge is -2.20. The molecule has 1 atom stereocenters. The molecule has 0 radical (unpaired) electrons. The highest BCUT2D eigenvalue weighted by Gasteiger charge is 2.14. The van der Waals surface area contributed by atoms with Gasteiger partial charge in [-0.25, -0.2) is 0 Å². The number of aryl methyl sites for hydroxylation is 1. The van der Waals surface area contributed by atoms with Crippen LogP contribution >= 0.6 is 0 Å². The average Bonchev–Trinajstić information content (AvgIpc) is 2.38. The maximum Gasteiger partial charge on any atom is 0.0708 e. The van der Waals surface area contributed by atoms with Crippen LogP contribution in [0, 0.1) is 6.92 Å². The van der Waals surface area contributed by atoms with Gasteiger partial charge in [-0.2, -0.15) is 0 Å². The minimum atomic E-state index is 0.189. The fourth-order valence-electron chi connectivity index (χ4n) is 2.25. The van der Waals surface area contributed by atoms with Gasteiger partial charge in [-0.3, -0.25) is 4.98 Å². The summed E-state index contributed by atoms with van der Waals surface area (Å²) in [5, 5.41) is 4.53. The highest BCUT2D eigenvalue weighted by molar-refractivity contribution is 5.82. The van der Waals surface area contributed by atoms with Crippen molar-refractivity contribution in [3.8, 4) is 0 Å². The van der Waals surface area contributed by atoms with Crippen molar-refractivity contribution in [2.45, 2.75) is 32.9 Å². The summed E-state index contributed by atoms with van der Waals surface area (Å²) in [7, 11) is 1.97. The third-order valence-electron chi connectivity index (χ3n) is 3.20. The van der Waals surface area contributed by atoms with Crippen LogP contribution < -0.4 is 5.32 Å². The first-order chi connectivity index (χ1) is 9.11. The largest absolute Gasteiger partial charge is 0.377 e. The zero-order valence-electron chi connectivity index (χ0n) is 12.1. The minimum Gasteiger partial charge on any atom is -0.377 e. The standard InChI is InChI=1S/C16H22N2O/c1-11(2)19-10-16(17-4)14-9-12(3)18-15-8-6-5-7-13(14)15/h5-9,11,16-17H,10H2,1-4H3. The molecular weight excluding hydrogens is 236 g/mol. The maximum absolute atomic E-state index is 5.76. The van der Waals surface area contributed by atoms with E-state index in [4.69, 9.17) is 4.74 Å². The Morgan fingerprint density at radius 1 is 1.26 bits per heavy atom. The van der Waals surface area contributed by atoms with Gasteiger partial charge in [-0.05, 0) is 45.5 Å². The molecule has 0 aliphatic carbocycles. The average molecular weight is 258 g/mol. The van der Waals surface area contributed by atoms with E-state index in [9.17, 15) is 0 Å². The van der Waals surface area contributed by atoms with Crippen LogP contribution in [0.4, 0.5) is 0 Å². The van der Waals surface area contributed by atoms with E-state index >= 15 is 0 Å². The number of benzene rings is 1. The first-order valence-corrected chi connectivity index (χ1v) is 6.77. The highest BCUT2D eigenvalue weighted by atomic mass is 16.5. The molecule has 3 nitrogen and oxygen atoms in total. The molecule has 0 bridgehead atoms. The van der Waals surface area contributed by atoms with Gasteiger partial charge >= 0.3 is 0 Å². The van der Waals surface area contributed by atoms with Crippen molar-refractivity contribution in [3.63, 3.8) is 0 Å². The normalized spacial score (nSPS) is 13.1. The summed E-state index contributed by atoms with van der Waals surface area (Å²) in [6, 6.07) is 10.6. The number of para-hydroxylation sites is 1. The number of hydrogen-bond acceptors (Lipinski definition) is 3. The summed E-state index contributed by atoms with van der Waals surface area (Å²) < 4.78 is 5.76. The minimum absolute atomic E-state index is 0.189. The molecule has 0 amide bonds. The summed E-state index contributed by atoms with van der Waals surface area (Å²) in [5.74, 6) is 0. The Morgan fingerprint density at radius 2 is 2.00 bits per heavy atom. The van der Waals surface area contributed by atoms with Crippen LogP contribution in [0.25, 0.3) is 10.9 Å². The Labute approximate surface area is 115 Å². The molecule has 1 N–H and O–H groups in total. The lowest BCUT2D eigenvalue weighted by molar-refractivity contribution is 0.0628. The van der Waals surface area contributed by atoms with Gasteiger partial charge in [0.2, 0.25) is 0 Å². The molecule has 1 unspecified atom stereocenters. The summed E-state index contributed by atoms with van der Waals surface area (Å²) in [5.41, 5.74) is 3.34. The van der Waals surface area contributed by atoms with E-state index in [1.807, 2.05) is 20.0 Å². The number of rotatable bonds is 5. The van der Waals surface area contributed by atoms with Crippen molar-refractivity contribution in [2.75, 3.05) is 13.7 Å². The van der Waals surface area contributed by atoms with Gasteiger partial charge in [-0.15, -0.1) is 0 Å². The Bertz CT molecular complexity index is 551. The predicted octanol–water partition coefficient (Wildman–Crippen LogP) is 3.23. The monoisotopic (exact) mass is 258 g/mol. The molecule has 0 saturated carbocycles. The van der Waals surface area contributed by atoms with Gasteiger partial charge in [0.05, 0.1) is 24.3 Å². The van der Waals surface area contributed by atoms with Crippen LogP contribution in [-0.4, -0.2) is 24.7 Å². The number of fused-ring (bicyclic) bond motifs is 1. The summed E-state index contributed by atoms with van der Waals surface area (Å²) in [6.07, 6.45) is 0.241. The molecule has 2 rings (SSSR count). The van der Waals surface area contributed by atoms with Crippen molar-refractivity contribution in [3.05, 3.63) is 41.6 Å². The Kier molecular flexibility index (Phi) is 4.51. The number of aromatic nitrogens is 1. The quantitative estimate of drug-likeness (QED) is 0.894. The van der Waals surface area contributed by atoms with Crippen molar-refractivity contribution in [1.82, 2.24) is 10.3 Å². The summed E-state index contributed by atoms with van der Waals surface area (Å²) >= 11 is 0. The van der Waals surface area contributed by atoms with Crippen LogP contribution in [0.3, 0.4) is 0 Å². The van der Waals surface area contributed by atoms with E-state index in [1.165, 1.54) is 10.9 Å². The third-order valence-corrected chi connectivity index (χ3v) is 3.20. The van der Waals surface area contributed by atoms with Crippen molar-refractivity contribution in [1.29, 1.82) is 0 Å². The van der Waals surface area contributed by atoms with Crippen LogP contribution in [-0.2, 0) is 4.74 Å². The lowest BCUT2D eigenvalue weighted by atomic mass is 10.0. The van der Waals surface area contributed by atoms with Crippen molar-refractivity contribution >= 4 is 10.9 Å². The second-order valence-electron chi connectivity index (χ2n) is 5.09. The molecule has 0 aliphatic heterocycles. The predicted molar refractivity (Wildman–Crippen MR) is 79.4 cm³/mol. The van der Waals surface area contributed by atoms with Crippen molar-refractivity contribution < 1.29 is 4.74 Å². The SMILES string of the molecule is CNC(COC(C)C)c1cc(C)nc2ccccc12. The fourth-order valence-corrected chi connectivity index (χ4v) is 2.25. The molecule has 3 heteroatoms. The lowest BCUT2D eigenvalue weighted by Crippen LogP contribution is -2.24. The topological polar surface area (TPSA) is 34.1 Å². The van der Waals surface area contributed by atoms with Gasteiger partial charge in [-0.1, -0.05) is 18.2 Å². The molecule has 0 fully saturated rings. The van der Waals surface area contributed by atoms with E-state index in [0.717, 1.165) is 11.2 Å². The molecular formula is C16H22N2O. The third kappa shape index (κ3) is 3.31. The van der Waals surface area contributed by atoms with Gasteiger partial charge in [0.15, 0.2) is 0 Å². The molecule has 0 spiro atoms. The van der Waals surface area contributed by atoms with Crippen LogP contribution in [0.2, 0.25) is 0 Å². The second-order valence-corrected chi connectivity index (χ2v) is 5.09. The second kappa shape index (κ2) is 6.13. The Morgan fingerprint density at radius 3 is 2.68 bits per heavy atom. The molecule has 102 valence electrons. The molecule has 19 heavy (non-hydrogen) atoms. The molecule has 1 heterocycles. The van der Waals surface area contributed by atoms with Crippen LogP contribution in [0.15, 0.2) is 30.3 Å². The Balaban J connectivity index is 2.41. The number of nitrogens with zero attached hydrogens (tertiary/aromatic N) is 1. The van der Waals surface area contributed by atoms with Gasteiger partial charge < -0.3 is 10.1 Å². The van der Waals surface area contributed by atoms with Crippen LogP contribution in [0.5, 0.6) is 0 Å². The van der Waals surface area contributed by atoms with Gasteiger partial charge in [0, 0.05) is 11.1 Å². The molecule has 2 aromatic rings. The number of pyridine rings is 1. The number of ether oxygens (including phenoxy) is 1. The summed E-state index contributed by atoms with van der Waals surface area (Å²) in [4.78, 5) is 4.58. The van der Waals surface area contributed by atoms with Gasteiger partial charge in [0.1, 0.15) is 0 Å². The Hall–Kier alpha value is -1.45. The van der Waals surface area contributed by atoms with Gasteiger partial charge in [0.25, 0.3) is 0 Å². The van der Waals surface area contributed by atoms with E-state index in [1.54, 1.807) is 0 Å². The molecule has 0 aliphatic rings. The molecule has 0 saturated heterocycles. The van der Waals surface area contributed by atoms with E-state index in [2.05, 4.69) is 48.4 Å². The number of likely N-dealkylation sites (N-methyl/N-ethyl adjacent to an activating group) is 1. The van der Waals surface area contributed by atoms with E-state index < -0.39 is 0 Å². The van der Waals surface area contributed by atoms with Crippen molar-refractivity contribution in [2.24, 2.45) is 0 Å². The molecule has 1 aromatic carbocycles. The fraction of sp³-hybridized carbons (Fsp3) is 0.438. The first-order valence-electron chi connectivity index (χ1n) is 6.77. The van der Waals surface area contributed by atoms with E-state index in [0.29, 0.717) is 6.61 Å². The van der Waals surface area contributed by atoms with E-state index in [-0.39, 0.29) is 12.1 Å². The zero-order valence-corrected chi connectivity index (χ0v) is 12.1. The molecule has 1 aromatic heterocycles. The summed E-state index contributed by atoms with van der Waals surface area (Å²) in [6.45, 7) is 6.82. The smallest absolute Gasteiger partial charge is 0.0708 e. The number of nitrogens with one attached hydrogen (secondary N) is 1. The number of hydrogen-bond donors (Lipinski definition) is 1. The highest BCUT2D eigenvalue weighted by Crippen LogP contribution is 2.24. The zero-order chi connectivity index (χ0) is 13.8. The first kappa shape index (κ1) is 14.0. The maximum atomic E-state index is 5.76.